The Morgan fingerprint density at radius 2 is 1.58 bits per heavy atom. The molecule has 0 bridgehead atoms. The second kappa shape index (κ2) is 12.2. The maximum absolute atomic E-state index is 14.8. The summed E-state index contributed by atoms with van der Waals surface area (Å²) in [7, 11) is 1.65. The molecule has 2 unspecified atom stereocenters. The van der Waals surface area contributed by atoms with Crippen LogP contribution in [0.25, 0.3) is 0 Å². The standard InChI is InChI=1S/C29H28F6O3/c1-36-12-2-3-19-6-11-27(37-17-19)21-7-10-23(24(30)16-21)29(34,35)38-22-8-4-18(5-9-22)13-20-14-25(31)28(33)26(32)15-20/h4-5,7-10,14-16,19,27H,2-3,6,11-13,17H2,1H3. The Morgan fingerprint density at radius 3 is 2.18 bits per heavy atom. The molecule has 9 heteroatoms. The molecule has 1 fully saturated rings. The van der Waals surface area contributed by atoms with Crippen LogP contribution in [-0.2, 0) is 22.0 Å². The first-order chi connectivity index (χ1) is 18.2. The topological polar surface area (TPSA) is 27.7 Å². The van der Waals surface area contributed by atoms with Crippen molar-refractivity contribution in [1.82, 2.24) is 0 Å². The van der Waals surface area contributed by atoms with E-state index < -0.39 is 34.9 Å². The lowest BCUT2D eigenvalue weighted by Crippen LogP contribution is -2.24. The maximum Gasteiger partial charge on any atom is 0.429 e. The van der Waals surface area contributed by atoms with Crippen molar-refractivity contribution < 1.29 is 40.6 Å². The number of methoxy groups -OCH3 is 1. The number of rotatable bonds is 10. The number of ether oxygens (including phenoxy) is 3. The third kappa shape index (κ3) is 6.88. The van der Waals surface area contributed by atoms with Gasteiger partial charge in [-0.15, -0.1) is 0 Å². The molecule has 3 nitrogen and oxygen atoms in total. The van der Waals surface area contributed by atoms with E-state index in [1.807, 2.05) is 0 Å². The van der Waals surface area contributed by atoms with E-state index in [9.17, 15) is 26.3 Å². The van der Waals surface area contributed by atoms with Gasteiger partial charge in [-0.25, -0.2) is 17.6 Å². The molecule has 0 N–H and O–H groups in total. The van der Waals surface area contributed by atoms with E-state index in [0.717, 1.165) is 43.5 Å². The van der Waals surface area contributed by atoms with Gasteiger partial charge in [0.15, 0.2) is 17.5 Å². The van der Waals surface area contributed by atoms with Crippen molar-refractivity contribution in [3.05, 3.63) is 100 Å². The zero-order valence-corrected chi connectivity index (χ0v) is 20.8. The highest BCUT2D eigenvalue weighted by Crippen LogP contribution is 2.37. The molecule has 4 rings (SSSR count). The minimum Gasteiger partial charge on any atom is -0.429 e. The van der Waals surface area contributed by atoms with Crippen LogP contribution in [0.15, 0.2) is 54.6 Å². The average Bonchev–Trinajstić information content (AvgIpc) is 2.88. The molecule has 0 aliphatic carbocycles. The van der Waals surface area contributed by atoms with Crippen LogP contribution in [0, 0.1) is 29.2 Å². The Morgan fingerprint density at radius 1 is 0.868 bits per heavy atom. The summed E-state index contributed by atoms with van der Waals surface area (Å²) in [6.45, 7) is 1.21. The summed E-state index contributed by atoms with van der Waals surface area (Å²) in [5.41, 5.74) is 0.285. The van der Waals surface area contributed by atoms with Crippen LogP contribution in [-0.4, -0.2) is 20.3 Å². The molecule has 38 heavy (non-hydrogen) atoms. The Hall–Kier alpha value is -3.04. The third-order valence-electron chi connectivity index (χ3n) is 6.63. The minimum atomic E-state index is -3.95. The summed E-state index contributed by atoms with van der Waals surface area (Å²) < 4.78 is 100. The van der Waals surface area contributed by atoms with Gasteiger partial charge in [0, 0.05) is 13.7 Å². The maximum atomic E-state index is 14.8. The molecular weight excluding hydrogens is 510 g/mol. The predicted octanol–water partition coefficient (Wildman–Crippen LogP) is 7.86. The largest absolute Gasteiger partial charge is 0.429 e. The van der Waals surface area contributed by atoms with Crippen LogP contribution in [0.1, 0.15) is 54.0 Å². The molecule has 1 aliphatic rings. The van der Waals surface area contributed by atoms with Crippen molar-refractivity contribution >= 4 is 0 Å². The van der Waals surface area contributed by atoms with Crippen molar-refractivity contribution in [1.29, 1.82) is 0 Å². The van der Waals surface area contributed by atoms with Crippen LogP contribution < -0.4 is 4.74 Å². The van der Waals surface area contributed by atoms with Crippen LogP contribution in [0.3, 0.4) is 0 Å². The zero-order valence-electron chi connectivity index (χ0n) is 20.8. The molecular formula is C29H28F6O3. The SMILES string of the molecule is COCCCC1CCC(c2ccc(C(F)(F)Oc3ccc(Cc4cc(F)c(F)c(F)c4)cc3)c(F)c2)OC1. The Bertz CT molecular complexity index is 1200. The molecule has 0 radical (unpaired) electrons. The summed E-state index contributed by atoms with van der Waals surface area (Å²) >= 11 is 0. The van der Waals surface area contributed by atoms with Gasteiger partial charge < -0.3 is 14.2 Å². The van der Waals surface area contributed by atoms with Crippen LogP contribution >= 0.6 is 0 Å². The smallest absolute Gasteiger partial charge is 0.429 e. The molecule has 0 saturated carbocycles. The molecule has 2 atom stereocenters. The molecule has 1 saturated heterocycles. The first kappa shape index (κ1) is 28.0. The molecule has 1 heterocycles. The number of halogens is 6. The monoisotopic (exact) mass is 538 g/mol. The quantitative estimate of drug-likeness (QED) is 0.149. The van der Waals surface area contributed by atoms with E-state index in [1.165, 1.54) is 30.3 Å². The predicted molar refractivity (Wildman–Crippen MR) is 129 cm³/mol. The minimum absolute atomic E-state index is 0.0397. The lowest BCUT2D eigenvalue weighted by molar-refractivity contribution is -0.187. The van der Waals surface area contributed by atoms with Gasteiger partial charge in [-0.05, 0) is 91.1 Å². The van der Waals surface area contributed by atoms with Gasteiger partial charge in [-0.2, -0.15) is 8.78 Å². The van der Waals surface area contributed by atoms with Crippen molar-refractivity contribution in [2.45, 2.75) is 44.3 Å². The zero-order chi connectivity index (χ0) is 27.3. The highest BCUT2D eigenvalue weighted by atomic mass is 19.3. The van der Waals surface area contributed by atoms with E-state index in [4.69, 9.17) is 14.2 Å². The molecule has 0 amide bonds. The fraction of sp³-hybridized carbons (Fsp3) is 0.379. The van der Waals surface area contributed by atoms with Gasteiger partial charge >= 0.3 is 6.11 Å². The normalized spacial score (nSPS) is 18.0. The second-order valence-corrected chi connectivity index (χ2v) is 9.45. The Labute approximate surface area is 217 Å². The van der Waals surface area contributed by atoms with Gasteiger partial charge in [0.2, 0.25) is 0 Å². The first-order valence-electron chi connectivity index (χ1n) is 12.4. The number of benzene rings is 3. The highest BCUT2D eigenvalue weighted by Gasteiger charge is 2.38. The lowest BCUT2D eigenvalue weighted by atomic mass is 9.91. The number of hydrogen-bond acceptors (Lipinski definition) is 3. The van der Waals surface area contributed by atoms with Gasteiger partial charge in [-0.3, -0.25) is 0 Å². The fourth-order valence-electron chi connectivity index (χ4n) is 4.60. The van der Waals surface area contributed by atoms with Gasteiger partial charge in [0.05, 0.1) is 18.3 Å². The number of hydrogen-bond donors (Lipinski definition) is 0. The molecule has 3 aromatic carbocycles. The summed E-state index contributed by atoms with van der Waals surface area (Å²) in [6.07, 6.45) is -0.787. The molecule has 0 aromatic heterocycles. The van der Waals surface area contributed by atoms with Crippen LogP contribution in [0.2, 0.25) is 0 Å². The number of alkyl halides is 2. The van der Waals surface area contributed by atoms with E-state index in [-0.39, 0.29) is 23.8 Å². The highest BCUT2D eigenvalue weighted by molar-refractivity contribution is 5.34. The van der Waals surface area contributed by atoms with E-state index in [0.29, 0.717) is 36.7 Å². The fourth-order valence-corrected chi connectivity index (χ4v) is 4.60. The summed E-state index contributed by atoms with van der Waals surface area (Å²) in [5, 5.41) is 0. The molecule has 0 spiro atoms. The third-order valence-corrected chi connectivity index (χ3v) is 6.63. The Kier molecular flexibility index (Phi) is 8.99. The van der Waals surface area contributed by atoms with Crippen LogP contribution in [0.4, 0.5) is 26.3 Å². The second-order valence-electron chi connectivity index (χ2n) is 9.45. The van der Waals surface area contributed by atoms with Crippen molar-refractivity contribution in [2.75, 3.05) is 20.3 Å². The van der Waals surface area contributed by atoms with E-state index in [2.05, 4.69) is 0 Å². The molecule has 204 valence electrons. The summed E-state index contributed by atoms with van der Waals surface area (Å²) in [6, 6.07) is 10.6. The van der Waals surface area contributed by atoms with Gasteiger partial charge in [0.1, 0.15) is 11.6 Å². The summed E-state index contributed by atoms with van der Waals surface area (Å²) in [5.74, 6) is -5.12. The van der Waals surface area contributed by atoms with Gasteiger partial charge in [-0.1, -0.05) is 18.2 Å². The summed E-state index contributed by atoms with van der Waals surface area (Å²) in [4.78, 5) is 0. The molecule has 3 aromatic rings. The van der Waals surface area contributed by atoms with Crippen molar-refractivity contribution in [3.63, 3.8) is 0 Å². The van der Waals surface area contributed by atoms with E-state index in [1.54, 1.807) is 7.11 Å². The van der Waals surface area contributed by atoms with Crippen molar-refractivity contribution in [2.24, 2.45) is 5.92 Å². The van der Waals surface area contributed by atoms with E-state index >= 15 is 0 Å². The average molecular weight is 539 g/mol. The van der Waals surface area contributed by atoms with Crippen molar-refractivity contribution in [3.8, 4) is 5.75 Å². The van der Waals surface area contributed by atoms with Gasteiger partial charge in [0.25, 0.3) is 0 Å². The molecule has 1 aliphatic heterocycles. The van der Waals surface area contributed by atoms with Crippen LogP contribution in [0.5, 0.6) is 5.75 Å². The lowest BCUT2D eigenvalue weighted by Gasteiger charge is -2.29. The first-order valence-corrected chi connectivity index (χ1v) is 12.4. The Balaban J connectivity index is 1.37.